The van der Waals surface area contributed by atoms with Gasteiger partial charge in [-0.25, -0.2) is 13.4 Å². The third-order valence-electron chi connectivity index (χ3n) is 6.48. The first kappa shape index (κ1) is 29.0. The number of aromatic nitrogens is 4. The molecule has 0 fully saturated rings. The van der Waals surface area contributed by atoms with Crippen LogP contribution >= 0.6 is 15.9 Å². The van der Waals surface area contributed by atoms with E-state index in [0.29, 0.717) is 38.8 Å². The molecule has 5 rings (SSSR count). The number of rotatable bonds is 9. The summed E-state index contributed by atoms with van der Waals surface area (Å²) in [4.78, 5) is 17.4. The monoisotopic (exact) mass is 652 g/mol. The number of nitrogens with one attached hydrogen (secondary N) is 4. The maximum Gasteiger partial charge on any atom is 0.229 e. The van der Waals surface area contributed by atoms with Crippen LogP contribution in [0.1, 0.15) is 12.6 Å². The Morgan fingerprint density at radius 3 is 2.71 bits per heavy atom. The Bertz CT molecular complexity index is 1820. The normalized spacial score (nSPS) is 12.6. The van der Waals surface area contributed by atoms with Crippen LogP contribution in [-0.4, -0.2) is 61.0 Å². The molecule has 1 aliphatic rings. The molecule has 2 aromatic carbocycles. The van der Waals surface area contributed by atoms with Gasteiger partial charge in [0.2, 0.25) is 16.0 Å². The zero-order valence-corrected chi connectivity index (χ0v) is 25.8. The zero-order chi connectivity index (χ0) is 30.0. The number of methoxy groups -OCH3 is 1. The first-order chi connectivity index (χ1) is 20.1. The second-order valence-electron chi connectivity index (χ2n) is 9.32. The third-order valence-corrected chi connectivity index (χ3v) is 7.64. The average Bonchev–Trinajstić information content (AvgIpc) is 3.21. The number of hydrogen-bond donors (Lipinski definition) is 4. The number of anilines is 6. The fourth-order valence-electron chi connectivity index (χ4n) is 4.64. The predicted octanol–water partition coefficient (Wildman–Crippen LogP) is 5.53. The van der Waals surface area contributed by atoms with Gasteiger partial charge in [0.05, 0.1) is 46.8 Å². The molecular formula is C27H29BrN10O3S. The molecule has 0 atom stereocenters. The summed E-state index contributed by atoms with van der Waals surface area (Å²) in [5.74, 6) is 1.25. The van der Waals surface area contributed by atoms with E-state index in [4.69, 9.17) is 4.74 Å². The number of nitrogens with zero attached hydrogens (tertiary/aromatic N) is 6. The molecule has 3 heterocycles. The van der Waals surface area contributed by atoms with Crippen LogP contribution in [0.5, 0.6) is 5.75 Å². The van der Waals surface area contributed by atoms with Gasteiger partial charge in [0, 0.05) is 61.0 Å². The van der Waals surface area contributed by atoms with Crippen LogP contribution in [0.25, 0.3) is 11.1 Å². The zero-order valence-electron chi connectivity index (χ0n) is 23.4. The van der Waals surface area contributed by atoms with Crippen molar-refractivity contribution in [2.75, 3.05) is 40.6 Å². The minimum absolute atomic E-state index is 0.202. The number of sulfonamides is 1. The van der Waals surface area contributed by atoms with Crippen molar-refractivity contribution in [1.82, 2.24) is 19.7 Å². The number of ether oxygens (including phenoxy) is 1. The Hall–Kier alpha value is -4.50. The van der Waals surface area contributed by atoms with Crippen molar-refractivity contribution in [1.29, 1.82) is 0 Å². The standard InChI is InChI=1S/C27H29BrN10O3S/c1-6-30-24-18(29-2)7-8-19(25(24)37-42(5,39)40)34-26-17(28)14-32-27(36-26)35-21-11-15-16-13-33-38(3)22(16)9-10-31-20(15)12-23(21)41-4/h6-8,11-14,31,37H,2,9-10H2,1,3-5H3,(H2,32,34,35,36)/b30-6-. The van der Waals surface area contributed by atoms with Gasteiger partial charge in [-0.15, -0.1) is 0 Å². The van der Waals surface area contributed by atoms with Crippen molar-refractivity contribution < 1.29 is 13.2 Å². The van der Waals surface area contributed by atoms with Crippen LogP contribution < -0.4 is 25.4 Å². The molecule has 15 heteroatoms. The highest BCUT2D eigenvalue weighted by Gasteiger charge is 2.22. The Kier molecular flexibility index (Phi) is 8.13. The Labute approximate surface area is 251 Å². The van der Waals surface area contributed by atoms with E-state index < -0.39 is 10.0 Å². The lowest BCUT2D eigenvalue weighted by molar-refractivity contribution is 0.417. The Morgan fingerprint density at radius 2 is 2.00 bits per heavy atom. The van der Waals surface area contributed by atoms with Gasteiger partial charge >= 0.3 is 0 Å². The van der Waals surface area contributed by atoms with Crippen molar-refractivity contribution >= 4 is 84.8 Å². The van der Waals surface area contributed by atoms with Crippen LogP contribution in [0.3, 0.4) is 0 Å². The smallest absolute Gasteiger partial charge is 0.229 e. The SMILES string of the molecule is C=Nc1ccc(Nc2nc(Nc3cc4c(cc3OC)NCCc3c-4cnn3C)ncc2Br)c(NS(C)(=O)=O)c1/N=C\C. The van der Waals surface area contributed by atoms with E-state index in [1.54, 1.807) is 38.6 Å². The van der Waals surface area contributed by atoms with E-state index in [-0.39, 0.29) is 11.6 Å². The first-order valence-electron chi connectivity index (χ1n) is 12.8. The van der Waals surface area contributed by atoms with E-state index in [1.165, 1.54) is 0 Å². The van der Waals surface area contributed by atoms with E-state index >= 15 is 0 Å². The van der Waals surface area contributed by atoms with Gasteiger partial charge in [-0.3, -0.25) is 19.4 Å². The number of benzene rings is 2. The fourth-order valence-corrected chi connectivity index (χ4v) is 5.51. The van der Waals surface area contributed by atoms with Gasteiger partial charge in [-0.2, -0.15) is 10.1 Å². The molecule has 4 aromatic rings. The molecule has 1 aliphatic heterocycles. The summed E-state index contributed by atoms with van der Waals surface area (Å²) in [5, 5.41) is 14.4. The highest BCUT2D eigenvalue weighted by Crippen LogP contribution is 2.44. The molecule has 42 heavy (non-hydrogen) atoms. The number of halogens is 1. The highest BCUT2D eigenvalue weighted by atomic mass is 79.9. The molecule has 0 saturated carbocycles. The van der Waals surface area contributed by atoms with Crippen molar-refractivity contribution in [3.8, 4) is 16.9 Å². The molecule has 218 valence electrons. The van der Waals surface area contributed by atoms with Crippen molar-refractivity contribution in [3.05, 3.63) is 46.8 Å². The molecule has 4 N–H and O–H groups in total. The molecule has 0 spiro atoms. The van der Waals surface area contributed by atoms with Crippen LogP contribution in [0, 0.1) is 0 Å². The summed E-state index contributed by atoms with van der Waals surface area (Å²) in [6.07, 6.45) is 6.89. The van der Waals surface area contributed by atoms with Gasteiger partial charge in [0.15, 0.2) is 0 Å². The van der Waals surface area contributed by atoms with Crippen LogP contribution in [0.4, 0.5) is 45.9 Å². The van der Waals surface area contributed by atoms with Crippen LogP contribution in [0.15, 0.2) is 51.1 Å². The van der Waals surface area contributed by atoms with E-state index in [0.717, 1.165) is 41.7 Å². The maximum atomic E-state index is 12.2. The molecule has 2 aromatic heterocycles. The molecule has 13 nitrogen and oxygen atoms in total. The van der Waals surface area contributed by atoms with E-state index in [2.05, 4.69) is 68.4 Å². The van der Waals surface area contributed by atoms with Gasteiger partial charge in [-0.1, -0.05) is 0 Å². The average molecular weight is 654 g/mol. The summed E-state index contributed by atoms with van der Waals surface area (Å²) in [5.41, 5.74) is 6.07. The van der Waals surface area contributed by atoms with E-state index in [9.17, 15) is 8.42 Å². The van der Waals surface area contributed by atoms with Gasteiger partial charge in [-0.05, 0) is 47.8 Å². The van der Waals surface area contributed by atoms with Gasteiger partial charge in [0.25, 0.3) is 0 Å². The lowest BCUT2D eigenvalue weighted by Crippen LogP contribution is -2.12. The summed E-state index contributed by atoms with van der Waals surface area (Å²) >= 11 is 3.49. The third kappa shape index (κ3) is 5.92. The first-order valence-corrected chi connectivity index (χ1v) is 15.4. The molecule has 0 aliphatic carbocycles. The lowest BCUT2D eigenvalue weighted by Gasteiger charge is -2.18. The molecular weight excluding hydrogens is 624 g/mol. The Morgan fingerprint density at radius 1 is 1.19 bits per heavy atom. The molecule has 0 bridgehead atoms. The fraction of sp³-hybridized carbons (Fsp3) is 0.222. The maximum absolute atomic E-state index is 12.2. The second-order valence-corrected chi connectivity index (χ2v) is 11.9. The van der Waals surface area contributed by atoms with Gasteiger partial charge < -0.3 is 20.7 Å². The number of aryl methyl sites for hydroxylation is 1. The molecule has 0 unspecified atom stereocenters. The minimum atomic E-state index is -3.66. The van der Waals surface area contributed by atoms with Crippen molar-refractivity contribution in [3.63, 3.8) is 0 Å². The summed E-state index contributed by atoms with van der Waals surface area (Å²) in [6.45, 7) is 6.06. The number of aliphatic imine (C=N–C) groups is 2. The van der Waals surface area contributed by atoms with E-state index in [1.807, 2.05) is 30.1 Å². The van der Waals surface area contributed by atoms with Gasteiger partial charge in [0.1, 0.15) is 17.3 Å². The topological polar surface area (TPSA) is 160 Å². The second kappa shape index (κ2) is 11.8. The quantitative estimate of drug-likeness (QED) is 0.170. The predicted molar refractivity (Wildman–Crippen MR) is 172 cm³/mol. The van der Waals surface area contributed by atoms with Crippen LogP contribution in [-0.2, 0) is 23.5 Å². The van der Waals surface area contributed by atoms with Crippen LogP contribution in [0.2, 0.25) is 0 Å². The minimum Gasteiger partial charge on any atom is -0.494 e. The number of fused-ring (bicyclic) bond motifs is 3. The molecule has 0 saturated heterocycles. The Balaban J connectivity index is 1.54. The molecule has 0 amide bonds. The van der Waals surface area contributed by atoms with Crippen molar-refractivity contribution in [2.24, 2.45) is 17.0 Å². The largest absolute Gasteiger partial charge is 0.494 e. The lowest BCUT2D eigenvalue weighted by atomic mass is 10.0. The summed E-state index contributed by atoms with van der Waals surface area (Å²) in [6, 6.07) is 7.27. The number of hydrogen-bond acceptors (Lipinski definition) is 11. The van der Waals surface area contributed by atoms with Crippen molar-refractivity contribution in [2.45, 2.75) is 13.3 Å². The highest BCUT2D eigenvalue weighted by molar-refractivity contribution is 9.10. The summed E-state index contributed by atoms with van der Waals surface area (Å²) < 4.78 is 35.2. The molecule has 0 radical (unpaired) electrons. The summed E-state index contributed by atoms with van der Waals surface area (Å²) in [7, 11) is -0.125.